The molecule has 0 radical (unpaired) electrons. The van der Waals surface area contributed by atoms with Crippen LogP contribution in [0.4, 0.5) is 22.7 Å². The molecule has 0 spiro atoms. The number of nitrogen functional groups attached to an aromatic ring is 1. The Kier molecular flexibility index (Phi) is 6.58. The largest absolute Gasteiger partial charge is 0.507 e. The number of phenolic OH excluding ortho intramolecular Hbond substituents is 1. The van der Waals surface area contributed by atoms with Crippen LogP contribution in [0.2, 0.25) is 5.02 Å². The summed E-state index contributed by atoms with van der Waals surface area (Å²) >= 11 is 6.07. The van der Waals surface area contributed by atoms with Crippen molar-refractivity contribution < 1.29 is 19.9 Å². The van der Waals surface area contributed by atoms with E-state index in [0.29, 0.717) is 11.3 Å². The molecule has 0 atom stereocenters. The lowest BCUT2D eigenvalue weighted by Gasteiger charge is -2.10. The number of anilines is 3. The molecule has 0 unspecified atom stereocenters. The zero-order chi connectivity index (χ0) is 20.0. The lowest BCUT2D eigenvalue weighted by Crippen LogP contribution is -2.11. The van der Waals surface area contributed by atoms with E-state index in [0.717, 1.165) is 12.1 Å². The molecular formula is C17H17ClN4O5. The molecule has 0 heterocycles. The van der Waals surface area contributed by atoms with Gasteiger partial charge < -0.3 is 26.6 Å². The number of phenols is 1. The van der Waals surface area contributed by atoms with Crippen LogP contribution in [-0.2, 0) is 4.79 Å². The Labute approximate surface area is 159 Å². The van der Waals surface area contributed by atoms with Crippen molar-refractivity contribution in [3.8, 4) is 5.75 Å². The molecule has 0 saturated heterocycles. The van der Waals surface area contributed by atoms with Crippen LogP contribution in [0.25, 0.3) is 6.08 Å². The molecule has 1 amide bonds. The molecule has 2 aromatic carbocycles. The number of nitrogens with zero attached hydrogens (tertiary/aromatic N) is 1. The number of aliphatic hydroxyl groups excluding tert-OH is 1. The third-order valence-electron chi connectivity index (χ3n) is 3.43. The first-order chi connectivity index (χ1) is 12.8. The van der Waals surface area contributed by atoms with Gasteiger partial charge in [-0.15, -0.1) is 0 Å². The van der Waals surface area contributed by atoms with Crippen molar-refractivity contribution in [3.63, 3.8) is 0 Å². The number of hydrogen-bond donors (Lipinski definition) is 5. The normalized spacial score (nSPS) is 10.7. The van der Waals surface area contributed by atoms with E-state index in [2.05, 4.69) is 10.6 Å². The number of benzene rings is 2. The van der Waals surface area contributed by atoms with Crippen molar-refractivity contribution >= 4 is 46.3 Å². The molecule has 9 nitrogen and oxygen atoms in total. The Balaban J connectivity index is 2.21. The summed E-state index contributed by atoms with van der Waals surface area (Å²) in [5.41, 5.74) is 6.24. The Morgan fingerprint density at radius 3 is 2.70 bits per heavy atom. The Hall–Kier alpha value is -3.30. The van der Waals surface area contributed by atoms with Gasteiger partial charge in [0.05, 0.1) is 22.2 Å². The van der Waals surface area contributed by atoms with Crippen molar-refractivity contribution in [2.24, 2.45) is 0 Å². The summed E-state index contributed by atoms with van der Waals surface area (Å²) in [5, 5.41) is 35.0. The number of hydrogen-bond acceptors (Lipinski definition) is 7. The SMILES string of the molecule is Nc1ccc(O)c(C=CC(=O)Nc2cc([N+](=O)[O-])c(NCCO)cc2Cl)c1. The summed E-state index contributed by atoms with van der Waals surface area (Å²) in [4.78, 5) is 22.7. The maximum Gasteiger partial charge on any atom is 0.294 e. The summed E-state index contributed by atoms with van der Waals surface area (Å²) in [6, 6.07) is 6.80. The maximum atomic E-state index is 12.1. The van der Waals surface area contributed by atoms with Crippen LogP contribution >= 0.6 is 11.6 Å². The van der Waals surface area contributed by atoms with Gasteiger partial charge in [0.2, 0.25) is 5.91 Å². The lowest BCUT2D eigenvalue weighted by atomic mass is 10.1. The number of aromatic hydroxyl groups is 1. The molecule has 2 rings (SSSR count). The third kappa shape index (κ3) is 5.33. The van der Waals surface area contributed by atoms with Crippen LogP contribution < -0.4 is 16.4 Å². The number of halogens is 1. The number of carbonyl (C=O) groups excluding carboxylic acids is 1. The second-order valence-corrected chi connectivity index (χ2v) is 5.80. The summed E-state index contributed by atoms with van der Waals surface area (Å²) in [7, 11) is 0. The molecule has 0 aliphatic carbocycles. The topological polar surface area (TPSA) is 151 Å². The highest BCUT2D eigenvalue weighted by molar-refractivity contribution is 6.34. The molecule has 27 heavy (non-hydrogen) atoms. The molecule has 2 aromatic rings. The van der Waals surface area contributed by atoms with Gasteiger partial charge in [0.15, 0.2) is 0 Å². The van der Waals surface area contributed by atoms with Crippen LogP contribution in [0.3, 0.4) is 0 Å². The number of nitro benzene ring substituents is 1. The number of aliphatic hydroxyl groups is 1. The number of nitro groups is 1. The number of amides is 1. The van der Waals surface area contributed by atoms with Crippen LogP contribution in [0.1, 0.15) is 5.56 Å². The fraction of sp³-hybridized carbons (Fsp3) is 0.118. The van der Waals surface area contributed by atoms with Crippen molar-refractivity contribution in [3.05, 3.63) is 57.1 Å². The quantitative estimate of drug-likeness (QED) is 0.160. The molecule has 0 bridgehead atoms. The Bertz CT molecular complexity index is 901. The zero-order valence-electron chi connectivity index (χ0n) is 14.0. The van der Waals surface area contributed by atoms with Gasteiger partial charge in [-0.25, -0.2) is 0 Å². The number of nitrogens with two attached hydrogens (primary N) is 1. The van der Waals surface area contributed by atoms with Gasteiger partial charge in [0, 0.05) is 29.9 Å². The van der Waals surface area contributed by atoms with Crippen LogP contribution in [0.15, 0.2) is 36.4 Å². The van der Waals surface area contributed by atoms with Gasteiger partial charge >= 0.3 is 0 Å². The number of rotatable bonds is 7. The Morgan fingerprint density at radius 1 is 1.30 bits per heavy atom. The molecule has 0 aromatic heterocycles. The first-order valence-corrected chi connectivity index (χ1v) is 8.10. The monoisotopic (exact) mass is 392 g/mol. The average molecular weight is 393 g/mol. The highest BCUT2D eigenvalue weighted by Gasteiger charge is 2.18. The van der Waals surface area contributed by atoms with Gasteiger partial charge in [-0.3, -0.25) is 14.9 Å². The van der Waals surface area contributed by atoms with Crippen LogP contribution in [0, 0.1) is 10.1 Å². The molecule has 142 valence electrons. The minimum absolute atomic E-state index is 0.0457. The number of carbonyl (C=O) groups is 1. The van der Waals surface area contributed by atoms with E-state index in [-0.39, 0.29) is 41.0 Å². The van der Waals surface area contributed by atoms with E-state index in [4.69, 9.17) is 22.4 Å². The predicted molar refractivity (Wildman–Crippen MR) is 104 cm³/mol. The Morgan fingerprint density at radius 2 is 2.04 bits per heavy atom. The van der Waals surface area contributed by atoms with Gasteiger partial charge in [0.1, 0.15) is 11.4 Å². The standard InChI is InChI=1S/C17H17ClN4O5/c18-12-8-14(20-5-6-23)15(22(26)27)9-13(12)21-17(25)4-1-10-7-11(19)2-3-16(10)24/h1-4,7-9,20,23-24H,5-6,19H2,(H,21,25). The van der Waals surface area contributed by atoms with Crippen molar-refractivity contribution in [1.29, 1.82) is 0 Å². The van der Waals surface area contributed by atoms with Gasteiger partial charge in [-0.1, -0.05) is 11.6 Å². The van der Waals surface area contributed by atoms with E-state index in [1.807, 2.05) is 0 Å². The van der Waals surface area contributed by atoms with Gasteiger partial charge in [-0.2, -0.15) is 0 Å². The lowest BCUT2D eigenvalue weighted by molar-refractivity contribution is -0.383. The van der Waals surface area contributed by atoms with Crippen LogP contribution in [0.5, 0.6) is 5.75 Å². The molecule has 0 aliphatic rings. The first kappa shape index (κ1) is 20.0. The molecular weight excluding hydrogens is 376 g/mol. The highest BCUT2D eigenvalue weighted by Crippen LogP contribution is 2.34. The third-order valence-corrected chi connectivity index (χ3v) is 3.75. The van der Waals surface area contributed by atoms with Gasteiger partial charge in [-0.05, 0) is 30.3 Å². The summed E-state index contributed by atoms with van der Waals surface area (Å²) in [6.07, 6.45) is 2.48. The molecule has 6 N–H and O–H groups in total. The first-order valence-electron chi connectivity index (χ1n) is 7.72. The maximum absolute atomic E-state index is 12.1. The second-order valence-electron chi connectivity index (χ2n) is 5.40. The fourth-order valence-electron chi connectivity index (χ4n) is 2.19. The van der Waals surface area contributed by atoms with E-state index < -0.39 is 10.8 Å². The minimum Gasteiger partial charge on any atom is -0.507 e. The predicted octanol–water partition coefficient (Wildman–Crippen LogP) is 2.59. The highest BCUT2D eigenvalue weighted by atomic mass is 35.5. The molecule has 0 saturated carbocycles. The summed E-state index contributed by atoms with van der Waals surface area (Å²) in [6.45, 7) is -0.107. The average Bonchev–Trinajstić information content (AvgIpc) is 2.62. The molecule has 0 aliphatic heterocycles. The van der Waals surface area contributed by atoms with Crippen molar-refractivity contribution in [2.75, 3.05) is 29.5 Å². The fourth-order valence-corrected chi connectivity index (χ4v) is 2.40. The summed E-state index contributed by atoms with van der Waals surface area (Å²) < 4.78 is 0. The van der Waals surface area contributed by atoms with E-state index in [1.54, 1.807) is 0 Å². The molecule has 10 heteroatoms. The van der Waals surface area contributed by atoms with E-state index >= 15 is 0 Å². The van der Waals surface area contributed by atoms with Crippen molar-refractivity contribution in [2.45, 2.75) is 0 Å². The minimum atomic E-state index is -0.633. The van der Waals surface area contributed by atoms with E-state index in [9.17, 15) is 20.0 Å². The smallest absolute Gasteiger partial charge is 0.294 e. The van der Waals surface area contributed by atoms with Gasteiger partial charge in [0.25, 0.3) is 5.69 Å². The zero-order valence-corrected chi connectivity index (χ0v) is 14.7. The van der Waals surface area contributed by atoms with E-state index in [1.165, 1.54) is 30.3 Å². The number of nitrogens with one attached hydrogen (secondary N) is 2. The molecule has 0 fully saturated rings. The van der Waals surface area contributed by atoms with Crippen molar-refractivity contribution in [1.82, 2.24) is 0 Å². The second kappa shape index (κ2) is 8.88. The summed E-state index contributed by atoms with van der Waals surface area (Å²) in [5.74, 6) is -0.662. The van der Waals surface area contributed by atoms with Crippen LogP contribution in [-0.4, -0.2) is 34.2 Å².